The highest BCUT2D eigenvalue weighted by atomic mass is 35.5. The second-order valence-electron chi connectivity index (χ2n) is 8.08. The van der Waals surface area contributed by atoms with E-state index < -0.39 is 44.5 Å². The minimum absolute atomic E-state index is 0.0473. The highest BCUT2D eigenvalue weighted by molar-refractivity contribution is 7.92. The maximum Gasteiger partial charge on any atom is 0.255 e. The number of aliphatic hydroxyl groups is 1. The fourth-order valence-electron chi connectivity index (χ4n) is 4.57. The molecule has 0 heterocycles. The molecule has 31 heavy (non-hydrogen) atoms. The van der Waals surface area contributed by atoms with Gasteiger partial charge in [0.15, 0.2) is 27.3 Å². The van der Waals surface area contributed by atoms with Crippen LogP contribution in [0.15, 0.2) is 35.2 Å². The van der Waals surface area contributed by atoms with Crippen LogP contribution in [-0.4, -0.2) is 30.8 Å². The molecule has 4 atom stereocenters. The number of carbonyl (C=O) groups excluding carboxylic acids is 1. The number of anilines is 1. The molecule has 2 N–H and O–H groups in total. The largest absolute Gasteiger partial charge is 0.393 e. The second-order valence-corrected chi connectivity index (χ2v) is 10.7. The number of amides is 1. The predicted molar refractivity (Wildman–Crippen MR) is 108 cm³/mol. The molecule has 0 aromatic heterocycles. The molecule has 0 aliphatic heterocycles. The minimum atomic E-state index is -3.88. The quantitative estimate of drug-likeness (QED) is 0.647. The van der Waals surface area contributed by atoms with Crippen LogP contribution >= 0.6 is 11.6 Å². The third-order valence-electron chi connectivity index (χ3n) is 6.19. The summed E-state index contributed by atoms with van der Waals surface area (Å²) in [5.41, 5.74) is -0.412. The van der Waals surface area contributed by atoms with Gasteiger partial charge in [-0.25, -0.2) is 21.6 Å². The molecular weight excluding hydrogens is 455 g/mol. The van der Waals surface area contributed by atoms with Crippen molar-refractivity contribution in [2.75, 3.05) is 5.32 Å². The van der Waals surface area contributed by atoms with Gasteiger partial charge in [0.05, 0.1) is 21.3 Å². The van der Waals surface area contributed by atoms with Crippen molar-refractivity contribution >= 4 is 33.0 Å². The Morgan fingerprint density at radius 2 is 1.61 bits per heavy atom. The number of nitrogens with one attached hydrogen (secondary N) is 1. The predicted octanol–water partition coefficient (Wildman–Crippen LogP) is 4.33. The first-order valence-corrected chi connectivity index (χ1v) is 11.7. The van der Waals surface area contributed by atoms with Crippen molar-refractivity contribution in [1.29, 1.82) is 0 Å². The van der Waals surface area contributed by atoms with E-state index in [1.165, 1.54) is 12.1 Å². The van der Waals surface area contributed by atoms with Crippen LogP contribution in [0.4, 0.5) is 18.9 Å². The summed E-state index contributed by atoms with van der Waals surface area (Å²) >= 11 is 6.14. The van der Waals surface area contributed by atoms with Gasteiger partial charge >= 0.3 is 0 Å². The van der Waals surface area contributed by atoms with Gasteiger partial charge in [0.2, 0.25) is 0 Å². The number of carbonyl (C=O) groups is 1. The van der Waals surface area contributed by atoms with E-state index in [9.17, 15) is 31.5 Å². The average Bonchev–Trinajstić information content (AvgIpc) is 2.91. The second kappa shape index (κ2) is 8.11. The molecule has 0 radical (unpaired) electrons. The van der Waals surface area contributed by atoms with Gasteiger partial charge in [0.1, 0.15) is 0 Å². The topological polar surface area (TPSA) is 83.5 Å². The van der Waals surface area contributed by atoms with Gasteiger partial charge in [-0.2, -0.15) is 0 Å². The molecule has 2 bridgehead atoms. The molecule has 2 aromatic rings. The van der Waals surface area contributed by atoms with E-state index >= 15 is 0 Å². The third kappa shape index (κ3) is 4.06. The molecule has 2 aliphatic rings. The van der Waals surface area contributed by atoms with Crippen LogP contribution in [0, 0.1) is 29.3 Å². The van der Waals surface area contributed by atoms with Gasteiger partial charge in [0.25, 0.3) is 5.91 Å². The maximum atomic E-state index is 13.4. The summed E-state index contributed by atoms with van der Waals surface area (Å²) in [6.07, 6.45) is 1.70. The lowest BCUT2D eigenvalue weighted by atomic mass is 9.86. The van der Waals surface area contributed by atoms with Gasteiger partial charge in [-0.15, -0.1) is 0 Å². The van der Waals surface area contributed by atoms with E-state index in [1.54, 1.807) is 0 Å². The smallest absolute Gasteiger partial charge is 0.255 e. The Balaban J connectivity index is 1.60. The Labute approximate surface area is 182 Å². The van der Waals surface area contributed by atoms with E-state index in [2.05, 4.69) is 5.32 Å². The lowest BCUT2D eigenvalue weighted by Crippen LogP contribution is -2.37. The molecule has 2 aliphatic carbocycles. The Hall–Kier alpha value is -2.10. The van der Waals surface area contributed by atoms with Gasteiger partial charge in [0, 0.05) is 23.4 Å². The van der Waals surface area contributed by atoms with Crippen molar-refractivity contribution in [2.45, 2.75) is 41.9 Å². The number of halogens is 4. The number of fused-ring (bicyclic) bond motifs is 2. The molecule has 2 aromatic carbocycles. The number of hydrogen-bond acceptors (Lipinski definition) is 4. The van der Waals surface area contributed by atoms with Crippen LogP contribution < -0.4 is 5.32 Å². The highest BCUT2D eigenvalue weighted by Gasteiger charge is 2.46. The van der Waals surface area contributed by atoms with E-state index in [0.29, 0.717) is 25.0 Å². The first-order chi connectivity index (χ1) is 14.6. The Morgan fingerprint density at radius 1 is 1.03 bits per heavy atom. The molecule has 10 heteroatoms. The van der Waals surface area contributed by atoms with Crippen LogP contribution in [0.1, 0.15) is 36.0 Å². The first-order valence-electron chi connectivity index (χ1n) is 9.75. The van der Waals surface area contributed by atoms with Crippen molar-refractivity contribution < 1.29 is 31.5 Å². The van der Waals surface area contributed by atoms with E-state index in [-0.39, 0.29) is 33.0 Å². The Kier molecular flexibility index (Phi) is 5.78. The standard InChI is InChI=1S/C21H19ClF3NO4S/c22-15-4-3-12(21(28)26-13-8-16(23)19(25)17(24)9-13)7-18(15)31(29,30)14-5-10-1-2-11(6-14)20(10)27/h3-4,7-11,14,20,27H,1-2,5-6H2,(H,26,28)/t10-,11?,14-,20?/m0/s1. The van der Waals surface area contributed by atoms with Gasteiger partial charge in [-0.1, -0.05) is 11.6 Å². The molecule has 0 saturated heterocycles. The van der Waals surface area contributed by atoms with Crippen molar-refractivity contribution in [3.63, 3.8) is 0 Å². The molecule has 4 rings (SSSR count). The summed E-state index contributed by atoms with van der Waals surface area (Å²) in [5, 5.41) is 11.6. The van der Waals surface area contributed by atoms with Gasteiger partial charge < -0.3 is 10.4 Å². The fraction of sp³-hybridized carbons (Fsp3) is 0.381. The molecule has 1 amide bonds. The van der Waals surface area contributed by atoms with Crippen LogP contribution in [0.2, 0.25) is 5.02 Å². The van der Waals surface area contributed by atoms with E-state index in [0.717, 1.165) is 18.9 Å². The zero-order valence-corrected chi connectivity index (χ0v) is 17.7. The number of benzene rings is 2. The summed E-state index contributed by atoms with van der Waals surface area (Å²) in [5.74, 6) is -5.59. The number of hydrogen-bond donors (Lipinski definition) is 2. The fourth-order valence-corrected chi connectivity index (χ4v) is 7.00. The molecule has 2 unspecified atom stereocenters. The average molecular weight is 474 g/mol. The molecule has 166 valence electrons. The van der Waals surface area contributed by atoms with Crippen molar-refractivity contribution in [3.05, 3.63) is 58.4 Å². The lowest BCUT2D eigenvalue weighted by molar-refractivity contribution is 0.0618. The maximum absolute atomic E-state index is 13.4. The first kappa shape index (κ1) is 22.1. The zero-order valence-electron chi connectivity index (χ0n) is 16.1. The zero-order chi connectivity index (χ0) is 22.5. The van der Waals surface area contributed by atoms with E-state index in [4.69, 9.17) is 11.6 Å². The van der Waals surface area contributed by atoms with Gasteiger partial charge in [-0.05, 0) is 55.7 Å². The normalized spacial score (nSPS) is 25.5. The SMILES string of the molecule is O=C(Nc1cc(F)c(F)c(F)c1)c1ccc(Cl)c(S(=O)(=O)[C@@H]2CC3CC[C@@H](C2)C3O)c1. The number of aliphatic hydroxyl groups excluding tert-OH is 1. The molecule has 2 saturated carbocycles. The number of rotatable bonds is 4. The van der Waals surface area contributed by atoms with Crippen molar-refractivity contribution in [3.8, 4) is 0 Å². The Morgan fingerprint density at radius 3 is 2.19 bits per heavy atom. The van der Waals surface area contributed by atoms with Crippen molar-refractivity contribution in [2.24, 2.45) is 11.8 Å². The molecule has 2 fully saturated rings. The van der Waals surface area contributed by atoms with Crippen LogP contribution in [0.25, 0.3) is 0 Å². The lowest BCUT2D eigenvalue weighted by Gasteiger charge is -2.32. The summed E-state index contributed by atoms with van der Waals surface area (Å²) in [6.45, 7) is 0. The third-order valence-corrected chi connectivity index (χ3v) is 8.84. The number of sulfone groups is 1. The summed E-state index contributed by atoms with van der Waals surface area (Å²) in [7, 11) is -3.88. The monoisotopic (exact) mass is 473 g/mol. The summed E-state index contributed by atoms with van der Waals surface area (Å²) in [4.78, 5) is 12.3. The van der Waals surface area contributed by atoms with Crippen LogP contribution in [0.3, 0.4) is 0 Å². The molecule has 5 nitrogen and oxygen atoms in total. The minimum Gasteiger partial charge on any atom is -0.393 e. The van der Waals surface area contributed by atoms with E-state index in [1.807, 2.05) is 0 Å². The van der Waals surface area contributed by atoms with Crippen LogP contribution in [-0.2, 0) is 9.84 Å². The van der Waals surface area contributed by atoms with Crippen LogP contribution in [0.5, 0.6) is 0 Å². The highest BCUT2D eigenvalue weighted by Crippen LogP contribution is 2.46. The van der Waals surface area contributed by atoms with Gasteiger partial charge in [-0.3, -0.25) is 4.79 Å². The summed E-state index contributed by atoms with van der Waals surface area (Å²) in [6, 6.07) is 4.90. The Bertz CT molecular complexity index is 1120. The summed E-state index contributed by atoms with van der Waals surface area (Å²) < 4.78 is 66.4. The molecular formula is C21H19ClF3NO4S. The van der Waals surface area contributed by atoms with Crippen molar-refractivity contribution in [1.82, 2.24) is 0 Å². The molecule has 0 spiro atoms.